The first-order chi connectivity index (χ1) is 10.0. The van der Waals surface area contributed by atoms with E-state index in [4.69, 9.17) is 10.00 Å². The summed E-state index contributed by atoms with van der Waals surface area (Å²) in [5.41, 5.74) is 1.08. The van der Waals surface area contributed by atoms with Crippen molar-refractivity contribution in [3.63, 3.8) is 0 Å². The summed E-state index contributed by atoms with van der Waals surface area (Å²) in [5.74, 6) is 0.374. The predicted octanol–water partition coefficient (Wildman–Crippen LogP) is 4.92. The van der Waals surface area contributed by atoms with E-state index in [0.29, 0.717) is 15.4 Å². The fourth-order valence-electron chi connectivity index (χ4n) is 1.67. The van der Waals surface area contributed by atoms with Crippen molar-refractivity contribution in [1.29, 1.82) is 5.26 Å². The minimum Gasteiger partial charge on any atom is -0.449 e. The first kappa shape index (κ1) is 15.5. The Morgan fingerprint density at radius 3 is 2.57 bits per heavy atom. The molecule has 0 unspecified atom stereocenters. The average molecular weight is 412 g/mol. The third-order valence-electron chi connectivity index (χ3n) is 2.66. The van der Waals surface area contributed by atoms with Gasteiger partial charge in [0.1, 0.15) is 11.8 Å². The Morgan fingerprint density at radius 1 is 1.24 bits per heavy atom. The number of rotatable bonds is 4. The molecule has 0 saturated heterocycles. The maximum atomic E-state index is 11.1. The van der Waals surface area contributed by atoms with Gasteiger partial charge in [-0.15, -0.1) is 0 Å². The van der Waals surface area contributed by atoms with Crippen LogP contribution in [0.1, 0.15) is 11.1 Å². The summed E-state index contributed by atoms with van der Waals surface area (Å²) in [6.07, 6.45) is 0. The Morgan fingerprint density at radius 2 is 1.95 bits per heavy atom. The molecular formula is C14H8Br2N2O3. The number of ether oxygens (including phenoxy) is 1. The molecule has 21 heavy (non-hydrogen) atoms. The fourth-order valence-corrected chi connectivity index (χ4v) is 2.37. The number of hydrogen-bond acceptors (Lipinski definition) is 4. The third kappa shape index (κ3) is 3.60. The van der Waals surface area contributed by atoms with Gasteiger partial charge in [0.15, 0.2) is 0 Å². The van der Waals surface area contributed by atoms with Crippen molar-refractivity contribution in [3.05, 3.63) is 62.1 Å². The molecule has 2 rings (SSSR count). The van der Waals surface area contributed by atoms with Gasteiger partial charge in [0, 0.05) is 15.9 Å². The highest BCUT2D eigenvalue weighted by atomic mass is 79.9. The van der Waals surface area contributed by atoms with Gasteiger partial charge in [-0.3, -0.25) is 10.1 Å². The number of alkyl halides is 1. The number of halogens is 2. The van der Waals surface area contributed by atoms with Crippen molar-refractivity contribution in [2.24, 2.45) is 0 Å². The molecule has 2 aromatic carbocycles. The van der Waals surface area contributed by atoms with E-state index in [9.17, 15) is 10.1 Å². The Balaban J connectivity index is 2.43. The van der Waals surface area contributed by atoms with Gasteiger partial charge in [0.25, 0.3) is 0 Å². The highest BCUT2D eigenvalue weighted by molar-refractivity contribution is 9.10. The van der Waals surface area contributed by atoms with Crippen LogP contribution in [0.2, 0.25) is 0 Å². The van der Waals surface area contributed by atoms with E-state index >= 15 is 0 Å². The van der Waals surface area contributed by atoms with Crippen LogP contribution in [0.3, 0.4) is 0 Å². The maximum Gasteiger partial charge on any atom is 0.312 e. The highest BCUT2D eigenvalue weighted by Gasteiger charge is 2.17. The van der Waals surface area contributed by atoms with Crippen LogP contribution in [0, 0.1) is 21.4 Å². The van der Waals surface area contributed by atoms with Crippen molar-refractivity contribution in [1.82, 2.24) is 0 Å². The van der Waals surface area contributed by atoms with Crippen molar-refractivity contribution >= 4 is 37.5 Å². The zero-order valence-electron chi connectivity index (χ0n) is 10.5. The summed E-state index contributed by atoms with van der Waals surface area (Å²) < 4.78 is 6.13. The first-order valence-corrected chi connectivity index (χ1v) is 7.67. The third-order valence-corrected chi connectivity index (χ3v) is 3.80. The van der Waals surface area contributed by atoms with E-state index < -0.39 is 4.92 Å². The molecule has 0 heterocycles. The van der Waals surface area contributed by atoms with Gasteiger partial charge in [-0.2, -0.15) is 5.26 Å². The standard InChI is InChI=1S/C14H8Br2N2O3/c15-7-9-1-3-13(10(5-9)8-17)21-14-4-2-11(16)6-12(14)18(19)20/h1-6H,7H2. The number of nitrogens with zero attached hydrogens (tertiary/aromatic N) is 2. The second-order valence-electron chi connectivity index (χ2n) is 4.05. The van der Waals surface area contributed by atoms with Crippen molar-refractivity contribution in [2.75, 3.05) is 0 Å². The molecule has 0 atom stereocenters. The van der Waals surface area contributed by atoms with Crippen LogP contribution in [-0.4, -0.2) is 4.92 Å². The van der Waals surface area contributed by atoms with Crippen LogP contribution < -0.4 is 4.74 Å². The molecule has 0 amide bonds. The van der Waals surface area contributed by atoms with E-state index in [1.54, 1.807) is 24.3 Å². The largest absolute Gasteiger partial charge is 0.449 e. The topological polar surface area (TPSA) is 76.2 Å². The molecule has 7 heteroatoms. The second kappa shape index (κ2) is 6.70. The Bertz CT molecular complexity index is 741. The number of nitriles is 1. The SMILES string of the molecule is N#Cc1cc(CBr)ccc1Oc1ccc(Br)cc1[N+](=O)[O-]. The lowest BCUT2D eigenvalue weighted by atomic mass is 10.1. The molecular weight excluding hydrogens is 404 g/mol. The lowest BCUT2D eigenvalue weighted by Crippen LogP contribution is -1.95. The Labute approximate surface area is 137 Å². The summed E-state index contributed by atoms with van der Waals surface area (Å²) in [4.78, 5) is 10.5. The molecule has 0 radical (unpaired) electrons. The van der Waals surface area contributed by atoms with Gasteiger partial charge in [0.2, 0.25) is 5.75 Å². The summed E-state index contributed by atoms with van der Waals surface area (Å²) in [7, 11) is 0. The molecule has 5 nitrogen and oxygen atoms in total. The number of hydrogen-bond donors (Lipinski definition) is 0. The molecule has 106 valence electrons. The van der Waals surface area contributed by atoms with E-state index in [1.807, 2.05) is 6.07 Å². The molecule has 0 aromatic heterocycles. The molecule has 0 aliphatic carbocycles. The number of benzene rings is 2. The van der Waals surface area contributed by atoms with Crippen molar-refractivity contribution in [3.8, 4) is 17.6 Å². The van der Waals surface area contributed by atoms with Gasteiger partial charge in [-0.1, -0.05) is 37.9 Å². The zero-order valence-corrected chi connectivity index (χ0v) is 13.7. The maximum absolute atomic E-state index is 11.1. The molecule has 0 aliphatic rings. The number of nitro groups is 1. The van der Waals surface area contributed by atoms with Crippen molar-refractivity contribution < 1.29 is 9.66 Å². The van der Waals surface area contributed by atoms with Crippen LogP contribution in [0.5, 0.6) is 11.5 Å². The molecule has 2 aromatic rings. The minimum absolute atomic E-state index is 0.0892. The van der Waals surface area contributed by atoms with Crippen LogP contribution in [0.15, 0.2) is 40.9 Å². The van der Waals surface area contributed by atoms with Crippen LogP contribution in [0.25, 0.3) is 0 Å². The Hall–Kier alpha value is -1.91. The fraction of sp³-hybridized carbons (Fsp3) is 0.0714. The van der Waals surface area contributed by atoms with Gasteiger partial charge in [-0.25, -0.2) is 0 Å². The summed E-state index contributed by atoms with van der Waals surface area (Å²) >= 11 is 6.49. The monoisotopic (exact) mass is 410 g/mol. The van der Waals surface area contributed by atoms with Crippen LogP contribution >= 0.6 is 31.9 Å². The smallest absolute Gasteiger partial charge is 0.312 e. The molecule has 0 aliphatic heterocycles. The molecule has 0 bridgehead atoms. The van der Waals surface area contributed by atoms with E-state index in [-0.39, 0.29) is 17.2 Å². The summed E-state index contributed by atoms with van der Waals surface area (Å²) in [5, 5.41) is 20.8. The predicted molar refractivity (Wildman–Crippen MR) is 84.7 cm³/mol. The molecule has 0 fully saturated rings. The van der Waals surface area contributed by atoms with Crippen LogP contribution in [-0.2, 0) is 5.33 Å². The van der Waals surface area contributed by atoms with Crippen LogP contribution in [0.4, 0.5) is 5.69 Å². The van der Waals surface area contributed by atoms with E-state index in [2.05, 4.69) is 31.9 Å². The number of nitro benzene ring substituents is 1. The van der Waals surface area contributed by atoms with E-state index in [0.717, 1.165) is 5.56 Å². The summed E-state index contributed by atoms with van der Waals surface area (Å²) in [6.45, 7) is 0. The van der Waals surface area contributed by atoms with Crippen molar-refractivity contribution in [2.45, 2.75) is 5.33 Å². The lowest BCUT2D eigenvalue weighted by Gasteiger charge is -2.09. The molecule has 0 spiro atoms. The second-order valence-corrected chi connectivity index (χ2v) is 5.52. The molecule has 0 saturated carbocycles. The highest BCUT2D eigenvalue weighted by Crippen LogP contribution is 2.35. The minimum atomic E-state index is -0.529. The Kier molecular flexibility index (Phi) is 4.94. The normalized spacial score (nSPS) is 9.95. The van der Waals surface area contributed by atoms with Gasteiger partial charge in [-0.05, 0) is 29.8 Å². The summed E-state index contributed by atoms with van der Waals surface area (Å²) in [6, 6.07) is 11.6. The van der Waals surface area contributed by atoms with Gasteiger partial charge >= 0.3 is 5.69 Å². The quantitative estimate of drug-likeness (QED) is 0.406. The zero-order chi connectivity index (χ0) is 15.4. The molecule has 0 N–H and O–H groups in total. The van der Waals surface area contributed by atoms with Gasteiger partial charge < -0.3 is 4.74 Å². The average Bonchev–Trinajstić information content (AvgIpc) is 2.49. The van der Waals surface area contributed by atoms with E-state index in [1.165, 1.54) is 12.1 Å². The first-order valence-electron chi connectivity index (χ1n) is 5.76. The van der Waals surface area contributed by atoms with Gasteiger partial charge in [0.05, 0.1) is 10.5 Å². The lowest BCUT2D eigenvalue weighted by molar-refractivity contribution is -0.385.